The van der Waals surface area contributed by atoms with Gasteiger partial charge in [0, 0.05) is 19.5 Å². The first kappa shape index (κ1) is 14.6. The molecule has 108 valence electrons. The molecule has 1 aromatic rings. The normalized spacial score (nSPS) is 19.4. The second kappa shape index (κ2) is 5.27. The first-order valence-electron chi connectivity index (χ1n) is 6.87. The van der Waals surface area contributed by atoms with E-state index in [1.165, 1.54) is 0 Å². The molecular formula is C16H21NO3. The van der Waals surface area contributed by atoms with Crippen molar-refractivity contribution in [1.82, 2.24) is 4.90 Å². The monoisotopic (exact) mass is 275 g/mol. The summed E-state index contributed by atoms with van der Waals surface area (Å²) in [6.45, 7) is 7.70. The van der Waals surface area contributed by atoms with Crippen LogP contribution in [0.1, 0.15) is 43.1 Å². The molecule has 0 saturated carbocycles. The number of hydrogen-bond donors (Lipinski definition) is 1. The minimum Gasteiger partial charge on any atom is -0.478 e. The topological polar surface area (TPSA) is 57.6 Å². The van der Waals surface area contributed by atoms with Crippen LogP contribution in [-0.2, 0) is 11.3 Å². The summed E-state index contributed by atoms with van der Waals surface area (Å²) in [5.74, 6) is -0.421. The Hall–Kier alpha value is -1.84. The Kier molecular flexibility index (Phi) is 3.84. The fourth-order valence-corrected chi connectivity index (χ4v) is 2.53. The fraction of sp³-hybridized carbons (Fsp3) is 0.500. The molecule has 0 spiro atoms. The van der Waals surface area contributed by atoms with Crippen LogP contribution in [0.5, 0.6) is 0 Å². The van der Waals surface area contributed by atoms with Gasteiger partial charge in [0.2, 0.25) is 5.91 Å². The number of nitrogens with zero attached hydrogens (tertiary/aromatic N) is 1. The van der Waals surface area contributed by atoms with Gasteiger partial charge in [-0.1, -0.05) is 32.9 Å². The predicted octanol–water partition coefficient (Wildman–Crippen LogP) is 2.78. The summed E-state index contributed by atoms with van der Waals surface area (Å²) in [4.78, 5) is 24.9. The summed E-state index contributed by atoms with van der Waals surface area (Å²) in [7, 11) is 0. The Bertz CT molecular complexity index is 531. The molecule has 20 heavy (non-hydrogen) atoms. The molecule has 1 aliphatic rings. The highest BCUT2D eigenvalue weighted by molar-refractivity contribution is 5.87. The molecule has 0 bridgehead atoms. The lowest BCUT2D eigenvalue weighted by molar-refractivity contribution is -0.128. The molecule has 1 aromatic carbocycles. The van der Waals surface area contributed by atoms with Crippen LogP contribution in [0.4, 0.5) is 0 Å². The number of carboxylic acids is 1. The predicted molar refractivity (Wildman–Crippen MR) is 76.4 cm³/mol. The number of carbonyl (C=O) groups excluding carboxylic acids is 1. The van der Waals surface area contributed by atoms with Crippen LogP contribution in [0.3, 0.4) is 0 Å². The third-order valence-electron chi connectivity index (χ3n) is 3.99. The molecule has 1 amide bonds. The number of hydrogen-bond acceptors (Lipinski definition) is 2. The maximum Gasteiger partial charge on any atom is 0.335 e. The second-order valence-corrected chi connectivity index (χ2v) is 6.55. The van der Waals surface area contributed by atoms with E-state index in [9.17, 15) is 9.59 Å². The first-order valence-corrected chi connectivity index (χ1v) is 6.87. The van der Waals surface area contributed by atoms with Crippen LogP contribution in [0.25, 0.3) is 0 Å². The molecule has 1 heterocycles. The van der Waals surface area contributed by atoms with Gasteiger partial charge in [-0.3, -0.25) is 4.79 Å². The van der Waals surface area contributed by atoms with Gasteiger partial charge in [-0.05, 0) is 29.0 Å². The van der Waals surface area contributed by atoms with E-state index in [4.69, 9.17) is 5.11 Å². The largest absolute Gasteiger partial charge is 0.478 e. The molecule has 0 aliphatic carbocycles. The summed E-state index contributed by atoms with van der Waals surface area (Å²) >= 11 is 0. The average Bonchev–Trinajstić information content (AvgIpc) is 2.71. The summed E-state index contributed by atoms with van der Waals surface area (Å²) < 4.78 is 0. The zero-order valence-electron chi connectivity index (χ0n) is 12.2. The minimum absolute atomic E-state index is 0.118. The molecule has 1 saturated heterocycles. The lowest BCUT2D eigenvalue weighted by Gasteiger charge is -2.26. The Morgan fingerprint density at radius 2 is 2.10 bits per heavy atom. The summed E-state index contributed by atoms with van der Waals surface area (Å²) in [5.41, 5.74) is 1.25. The molecule has 1 fully saturated rings. The second-order valence-electron chi connectivity index (χ2n) is 6.55. The highest BCUT2D eigenvalue weighted by Gasteiger charge is 2.36. The summed E-state index contributed by atoms with van der Waals surface area (Å²) in [6, 6.07) is 6.79. The van der Waals surface area contributed by atoms with E-state index in [-0.39, 0.29) is 16.9 Å². The van der Waals surface area contributed by atoms with Gasteiger partial charge >= 0.3 is 5.97 Å². The standard InChI is InChI=1S/C16H21NO3/c1-16(2,3)13-8-14(18)17(10-13)9-11-5-4-6-12(7-11)15(19)20/h4-7,13H,8-10H2,1-3H3,(H,19,20). The van der Waals surface area contributed by atoms with Crippen LogP contribution in [-0.4, -0.2) is 28.4 Å². The highest BCUT2D eigenvalue weighted by atomic mass is 16.4. The van der Waals surface area contributed by atoms with Crippen molar-refractivity contribution in [3.63, 3.8) is 0 Å². The lowest BCUT2D eigenvalue weighted by Crippen LogP contribution is -2.27. The molecule has 4 nitrogen and oxygen atoms in total. The molecule has 0 aromatic heterocycles. The fourth-order valence-electron chi connectivity index (χ4n) is 2.53. The quantitative estimate of drug-likeness (QED) is 0.922. The Balaban J connectivity index is 2.09. The van der Waals surface area contributed by atoms with E-state index in [1.807, 2.05) is 11.0 Å². The van der Waals surface area contributed by atoms with E-state index < -0.39 is 5.97 Å². The Morgan fingerprint density at radius 1 is 1.40 bits per heavy atom. The van der Waals surface area contributed by atoms with Crippen molar-refractivity contribution in [3.05, 3.63) is 35.4 Å². The third kappa shape index (κ3) is 3.18. The number of benzene rings is 1. The van der Waals surface area contributed by atoms with Gasteiger partial charge in [-0.25, -0.2) is 4.79 Å². The van der Waals surface area contributed by atoms with Gasteiger partial charge < -0.3 is 10.0 Å². The Morgan fingerprint density at radius 3 is 2.65 bits per heavy atom. The molecule has 2 rings (SSSR count). The van der Waals surface area contributed by atoms with Gasteiger partial charge in [0.25, 0.3) is 0 Å². The minimum atomic E-state index is -0.938. The number of carboxylic acid groups (broad SMARTS) is 1. The number of carbonyl (C=O) groups is 2. The van der Waals surface area contributed by atoms with Crippen molar-refractivity contribution in [2.75, 3.05) is 6.54 Å². The van der Waals surface area contributed by atoms with Crippen LogP contribution in [0, 0.1) is 11.3 Å². The summed E-state index contributed by atoms with van der Waals surface area (Å²) in [6.07, 6.45) is 0.585. The summed E-state index contributed by atoms with van der Waals surface area (Å²) in [5, 5.41) is 8.99. The smallest absolute Gasteiger partial charge is 0.335 e. The zero-order chi connectivity index (χ0) is 14.9. The van der Waals surface area contributed by atoms with Crippen molar-refractivity contribution >= 4 is 11.9 Å². The SMILES string of the molecule is CC(C)(C)C1CC(=O)N(Cc2cccc(C(=O)O)c2)C1. The first-order chi connectivity index (χ1) is 9.27. The van der Waals surface area contributed by atoms with Gasteiger partial charge in [-0.2, -0.15) is 0 Å². The average molecular weight is 275 g/mol. The van der Waals surface area contributed by atoms with Crippen molar-refractivity contribution in [2.45, 2.75) is 33.7 Å². The Labute approximate surface area is 119 Å². The highest BCUT2D eigenvalue weighted by Crippen LogP contribution is 2.34. The molecule has 1 atom stereocenters. The van der Waals surface area contributed by atoms with Gasteiger partial charge in [0.1, 0.15) is 0 Å². The van der Waals surface area contributed by atoms with Crippen molar-refractivity contribution in [1.29, 1.82) is 0 Å². The van der Waals surface area contributed by atoms with Gasteiger partial charge in [0.05, 0.1) is 5.56 Å². The lowest BCUT2D eigenvalue weighted by atomic mass is 9.80. The molecule has 1 N–H and O–H groups in total. The molecule has 0 radical (unpaired) electrons. The van der Waals surface area contributed by atoms with Crippen LogP contribution in [0.2, 0.25) is 0 Å². The maximum atomic E-state index is 12.1. The molecule has 4 heteroatoms. The van der Waals surface area contributed by atoms with Crippen LogP contribution >= 0.6 is 0 Å². The van der Waals surface area contributed by atoms with E-state index in [1.54, 1.807) is 18.2 Å². The van der Waals surface area contributed by atoms with E-state index in [0.29, 0.717) is 18.9 Å². The van der Waals surface area contributed by atoms with Crippen molar-refractivity contribution in [2.24, 2.45) is 11.3 Å². The van der Waals surface area contributed by atoms with Crippen LogP contribution < -0.4 is 0 Å². The maximum absolute atomic E-state index is 12.1. The van der Waals surface area contributed by atoms with Crippen molar-refractivity contribution < 1.29 is 14.7 Å². The zero-order valence-corrected chi connectivity index (χ0v) is 12.2. The van der Waals surface area contributed by atoms with E-state index in [0.717, 1.165) is 12.1 Å². The molecule has 1 aliphatic heterocycles. The van der Waals surface area contributed by atoms with Gasteiger partial charge in [-0.15, -0.1) is 0 Å². The third-order valence-corrected chi connectivity index (χ3v) is 3.99. The molecular weight excluding hydrogens is 254 g/mol. The van der Waals surface area contributed by atoms with Crippen LogP contribution in [0.15, 0.2) is 24.3 Å². The number of amides is 1. The number of aromatic carboxylic acids is 1. The van der Waals surface area contributed by atoms with Gasteiger partial charge in [0.15, 0.2) is 0 Å². The van der Waals surface area contributed by atoms with Crippen molar-refractivity contribution in [3.8, 4) is 0 Å². The van der Waals surface area contributed by atoms with E-state index >= 15 is 0 Å². The van der Waals surface area contributed by atoms with E-state index in [2.05, 4.69) is 20.8 Å². The number of rotatable bonds is 3. The molecule has 1 unspecified atom stereocenters. The number of likely N-dealkylation sites (tertiary alicyclic amines) is 1.